The van der Waals surface area contributed by atoms with E-state index in [1.54, 1.807) is 12.1 Å². The summed E-state index contributed by atoms with van der Waals surface area (Å²) in [6, 6.07) is 3.50. The van der Waals surface area contributed by atoms with Crippen LogP contribution in [0.1, 0.15) is 30.1 Å². The second-order valence-electron chi connectivity index (χ2n) is 3.13. The van der Waals surface area contributed by atoms with Gasteiger partial charge in [0.2, 0.25) is 0 Å². The summed E-state index contributed by atoms with van der Waals surface area (Å²) >= 11 is 6.75. The normalized spacial score (nSPS) is 10.1. The zero-order chi connectivity index (χ0) is 11.3. The fourth-order valence-electron chi connectivity index (χ4n) is 1.10. The molecule has 15 heavy (non-hydrogen) atoms. The number of ether oxygens (including phenoxy) is 1. The SMILES string of the molecule is CCCCOc1c(Br)cc(C=O)cc1Br. The van der Waals surface area contributed by atoms with Gasteiger partial charge in [0.15, 0.2) is 0 Å². The lowest BCUT2D eigenvalue weighted by atomic mass is 10.2. The van der Waals surface area contributed by atoms with Crippen LogP contribution in [0.15, 0.2) is 21.1 Å². The molecule has 82 valence electrons. The van der Waals surface area contributed by atoms with E-state index in [1.165, 1.54) is 0 Å². The highest BCUT2D eigenvalue weighted by Gasteiger charge is 2.08. The molecule has 0 bridgehead atoms. The van der Waals surface area contributed by atoms with E-state index in [0.29, 0.717) is 12.2 Å². The van der Waals surface area contributed by atoms with Gasteiger partial charge in [0.05, 0.1) is 15.6 Å². The quantitative estimate of drug-likeness (QED) is 0.595. The van der Waals surface area contributed by atoms with Crippen molar-refractivity contribution in [3.05, 3.63) is 26.6 Å². The molecule has 0 unspecified atom stereocenters. The molecule has 0 saturated carbocycles. The highest BCUT2D eigenvalue weighted by Crippen LogP contribution is 2.34. The van der Waals surface area contributed by atoms with Crippen molar-refractivity contribution in [1.82, 2.24) is 0 Å². The molecule has 0 N–H and O–H groups in total. The molecule has 0 fully saturated rings. The van der Waals surface area contributed by atoms with E-state index < -0.39 is 0 Å². The molecule has 1 rings (SSSR count). The summed E-state index contributed by atoms with van der Waals surface area (Å²) in [6.07, 6.45) is 2.93. The van der Waals surface area contributed by atoms with Crippen LogP contribution >= 0.6 is 31.9 Å². The number of rotatable bonds is 5. The highest BCUT2D eigenvalue weighted by molar-refractivity contribution is 9.11. The second-order valence-corrected chi connectivity index (χ2v) is 4.84. The standard InChI is InChI=1S/C11H12Br2O2/c1-2-3-4-15-11-9(12)5-8(7-14)6-10(11)13/h5-7H,2-4H2,1H3. The summed E-state index contributed by atoms with van der Waals surface area (Å²) < 4.78 is 7.20. The number of hydrogen-bond acceptors (Lipinski definition) is 2. The first-order valence-electron chi connectivity index (χ1n) is 4.76. The molecule has 0 atom stereocenters. The van der Waals surface area contributed by atoms with Gasteiger partial charge >= 0.3 is 0 Å². The molecule has 0 aromatic heterocycles. The zero-order valence-electron chi connectivity index (χ0n) is 8.43. The van der Waals surface area contributed by atoms with E-state index in [2.05, 4.69) is 38.8 Å². The van der Waals surface area contributed by atoms with Crippen molar-refractivity contribution in [1.29, 1.82) is 0 Å². The van der Waals surface area contributed by atoms with Gasteiger partial charge in [0.25, 0.3) is 0 Å². The van der Waals surface area contributed by atoms with Gasteiger partial charge in [0.1, 0.15) is 12.0 Å². The third kappa shape index (κ3) is 3.61. The third-order valence-corrected chi connectivity index (χ3v) is 3.08. The van der Waals surface area contributed by atoms with Crippen LogP contribution in [0.3, 0.4) is 0 Å². The molecule has 4 heteroatoms. The fourth-order valence-corrected chi connectivity index (χ4v) is 2.55. The Morgan fingerprint density at radius 3 is 2.40 bits per heavy atom. The topological polar surface area (TPSA) is 26.3 Å². The Labute approximate surface area is 106 Å². The van der Waals surface area contributed by atoms with E-state index in [-0.39, 0.29) is 0 Å². The minimum atomic E-state index is 0.622. The van der Waals surface area contributed by atoms with Crippen LogP contribution in [0.2, 0.25) is 0 Å². The lowest BCUT2D eigenvalue weighted by molar-refractivity contribution is 0.112. The molecule has 0 radical (unpaired) electrons. The van der Waals surface area contributed by atoms with Crippen molar-refractivity contribution >= 4 is 38.1 Å². The lowest BCUT2D eigenvalue weighted by Crippen LogP contribution is -1.98. The Kier molecular flexibility index (Phi) is 5.32. The van der Waals surface area contributed by atoms with Gasteiger partial charge in [-0.3, -0.25) is 4.79 Å². The molecular weight excluding hydrogens is 324 g/mol. The summed E-state index contributed by atoms with van der Waals surface area (Å²) in [5.41, 5.74) is 0.622. The largest absolute Gasteiger partial charge is 0.491 e. The maximum Gasteiger partial charge on any atom is 0.150 e. The molecule has 0 saturated heterocycles. The first kappa shape index (κ1) is 12.7. The van der Waals surface area contributed by atoms with Crippen molar-refractivity contribution < 1.29 is 9.53 Å². The van der Waals surface area contributed by atoms with Gasteiger partial charge in [0, 0.05) is 5.56 Å². The average Bonchev–Trinajstić information content (AvgIpc) is 2.22. The molecule has 0 amide bonds. The van der Waals surface area contributed by atoms with Gasteiger partial charge < -0.3 is 4.74 Å². The number of benzene rings is 1. The Morgan fingerprint density at radius 1 is 1.33 bits per heavy atom. The second kappa shape index (κ2) is 6.28. The molecule has 0 spiro atoms. The number of carbonyl (C=O) groups excluding carboxylic acids is 1. The summed E-state index contributed by atoms with van der Waals surface area (Å²) in [7, 11) is 0. The minimum absolute atomic E-state index is 0.622. The van der Waals surface area contributed by atoms with Crippen molar-refractivity contribution in [3.63, 3.8) is 0 Å². The average molecular weight is 336 g/mol. The predicted octanol–water partition coefficient (Wildman–Crippen LogP) is 4.20. The fraction of sp³-hybridized carbons (Fsp3) is 0.364. The van der Waals surface area contributed by atoms with Gasteiger partial charge in [-0.1, -0.05) is 13.3 Å². The van der Waals surface area contributed by atoms with E-state index in [9.17, 15) is 4.79 Å². The number of carbonyl (C=O) groups is 1. The summed E-state index contributed by atoms with van der Waals surface area (Å²) in [6.45, 7) is 2.80. The molecule has 1 aromatic rings. The molecule has 1 aromatic carbocycles. The van der Waals surface area contributed by atoms with E-state index in [0.717, 1.165) is 33.8 Å². The van der Waals surface area contributed by atoms with Gasteiger partial charge in [-0.25, -0.2) is 0 Å². The van der Waals surface area contributed by atoms with Crippen LogP contribution < -0.4 is 4.74 Å². The van der Waals surface area contributed by atoms with Crippen molar-refractivity contribution in [2.45, 2.75) is 19.8 Å². The molecular formula is C11H12Br2O2. The Balaban J connectivity index is 2.83. The number of halogens is 2. The summed E-state index contributed by atoms with van der Waals surface area (Å²) in [4.78, 5) is 10.6. The Bertz CT molecular complexity index is 327. The van der Waals surface area contributed by atoms with Crippen molar-refractivity contribution in [2.24, 2.45) is 0 Å². The molecule has 0 aliphatic rings. The molecule has 0 aliphatic carbocycles. The first-order valence-corrected chi connectivity index (χ1v) is 6.34. The molecule has 0 aliphatic heterocycles. The van der Waals surface area contributed by atoms with Gasteiger partial charge in [-0.2, -0.15) is 0 Å². The maximum absolute atomic E-state index is 10.6. The molecule has 2 nitrogen and oxygen atoms in total. The Hall–Kier alpha value is -0.350. The van der Waals surface area contributed by atoms with E-state index in [1.807, 2.05) is 0 Å². The minimum Gasteiger partial charge on any atom is -0.491 e. The predicted molar refractivity (Wildman–Crippen MR) is 67.6 cm³/mol. The van der Waals surface area contributed by atoms with Crippen LogP contribution in [0, 0.1) is 0 Å². The van der Waals surface area contributed by atoms with E-state index in [4.69, 9.17) is 4.74 Å². The lowest BCUT2D eigenvalue weighted by Gasteiger charge is -2.10. The Morgan fingerprint density at radius 2 is 1.93 bits per heavy atom. The monoisotopic (exact) mass is 334 g/mol. The summed E-state index contributed by atoms with van der Waals surface area (Å²) in [5, 5.41) is 0. The van der Waals surface area contributed by atoms with E-state index >= 15 is 0 Å². The smallest absolute Gasteiger partial charge is 0.150 e. The zero-order valence-corrected chi connectivity index (χ0v) is 11.6. The van der Waals surface area contributed by atoms with Crippen LogP contribution in [0.25, 0.3) is 0 Å². The van der Waals surface area contributed by atoms with Gasteiger partial charge in [-0.15, -0.1) is 0 Å². The van der Waals surface area contributed by atoms with Crippen LogP contribution in [-0.2, 0) is 0 Å². The van der Waals surface area contributed by atoms with Gasteiger partial charge in [-0.05, 0) is 50.4 Å². The first-order chi connectivity index (χ1) is 7.19. The van der Waals surface area contributed by atoms with Crippen molar-refractivity contribution in [3.8, 4) is 5.75 Å². The highest BCUT2D eigenvalue weighted by atomic mass is 79.9. The third-order valence-electron chi connectivity index (χ3n) is 1.90. The van der Waals surface area contributed by atoms with Crippen LogP contribution in [-0.4, -0.2) is 12.9 Å². The number of hydrogen-bond donors (Lipinski definition) is 0. The number of aldehydes is 1. The summed E-state index contributed by atoms with van der Waals surface area (Å²) in [5.74, 6) is 0.758. The van der Waals surface area contributed by atoms with Crippen molar-refractivity contribution in [2.75, 3.05) is 6.61 Å². The number of unbranched alkanes of at least 4 members (excludes halogenated alkanes) is 1. The van der Waals surface area contributed by atoms with Crippen LogP contribution in [0.4, 0.5) is 0 Å². The maximum atomic E-state index is 10.6. The molecule has 0 heterocycles. The van der Waals surface area contributed by atoms with Crippen LogP contribution in [0.5, 0.6) is 5.75 Å².